The molecule has 0 bridgehead atoms. The highest BCUT2D eigenvalue weighted by atomic mass is 19.4. The zero-order valence-corrected chi connectivity index (χ0v) is 18.7. The van der Waals surface area contributed by atoms with E-state index in [1.807, 2.05) is 16.7 Å². The van der Waals surface area contributed by atoms with Gasteiger partial charge >= 0.3 is 6.18 Å². The molecule has 3 aromatic heterocycles. The molecule has 35 heavy (non-hydrogen) atoms. The average Bonchev–Trinajstić information content (AvgIpc) is 3.41. The average molecular weight is 482 g/mol. The van der Waals surface area contributed by atoms with Crippen molar-refractivity contribution in [2.75, 3.05) is 18.2 Å². The molecule has 3 N–H and O–H groups in total. The number of anilines is 2. The number of amides is 1. The Morgan fingerprint density at radius 3 is 2.71 bits per heavy atom. The number of alkyl halides is 3. The quantitative estimate of drug-likeness (QED) is 0.444. The molecule has 4 aromatic rings. The van der Waals surface area contributed by atoms with Crippen LogP contribution in [0.15, 0.2) is 42.9 Å². The molecular formula is C24H21F3N6O2. The van der Waals surface area contributed by atoms with Gasteiger partial charge in [0.05, 0.1) is 30.9 Å². The Morgan fingerprint density at radius 2 is 2.00 bits per heavy atom. The number of carbonyl (C=O) groups excluding carboxylic acids is 1. The molecule has 0 spiro atoms. The fourth-order valence-electron chi connectivity index (χ4n) is 4.52. The number of hydrogen-bond donors (Lipinski definition) is 2. The molecule has 1 aromatic carbocycles. The fourth-order valence-corrected chi connectivity index (χ4v) is 4.52. The standard InChI is InChI=1S/C24H21F3N6O2/c1-35-18-10-15(33-17-4-2-3-16(17)21-22(33)23(28)31-12-30-21)7-5-13(18)9-20(34)32-14-6-8-19(29-11-14)24(25,26)27/h5-8,10-12H,2-4,9H2,1H3,(H,32,34)(H2,28,30,31). The summed E-state index contributed by atoms with van der Waals surface area (Å²) in [5, 5.41) is 2.57. The largest absolute Gasteiger partial charge is 0.496 e. The van der Waals surface area contributed by atoms with E-state index in [1.54, 1.807) is 6.07 Å². The van der Waals surface area contributed by atoms with Crippen molar-refractivity contribution in [2.45, 2.75) is 31.9 Å². The summed E-state index contributed by atoms with van der Waals surface area (Å²) in [5.41, 5.74) is 10.7. The van der Waals surface area contributed by atoms with E-state index >= 15 is 0 Å². The number of ether oxygens (including phenoxy) is 1. The number of nitrogen functional groups attached to an aromatic ring is 1. The maximum atomic E-state index is 12.7. The number of carbonyl (C=O) groups is 1. The number of hydrogen-bond acceptors (Lipinski definition) is 6. The van der Waals surface area contributed by atoms with Crippen LogP contribution < -0.4 is 15.8 Å². The van der Waals surface area contributed by atoms with Gasteiger partial charge in [-0.25, -0.2) is 15.0 Å². The Hall–Kier alpha value is -4.15. The monoisotopic (exact) mass is 482 g/mol. The van der Waals surface area contributed by atoms with Crippen LogP contribution in [0.3, 0.4) is 0 Å². The van der Waals surface area contributed by atoms with Crippen LogP contribution in [0.1, 0.15) is 28.9 Å². The Morgan fingerprint density at radius 1 is 1.17 bits per heavy atom. The lowest BCUT2D eigenvalue weighted by Gasteiger charge is -2.15. The van der Waals surface area contributed by atoms with E-state index in [0.29, 0.717) is 17.1 Å². The lowest BCUT2D eigenvalue weighted by molar-refractivity contribution is -0.141. The molecule has 0 saturated carbocycles. The number of benzene rings is 1. The van der Waals surface area contributed by atoms with E-state index in [2.05, 4.69) is 20.3 Å². The van der Waals surface area contributed by atoms with Crippen molar-refractivity contribution >= 4 is 28.4 Å². The first kappa shape index (κ1) is 22.6. The van der Waals surface area contributed by atoms with E-state index in [9.17, 15) is 18.0 Å². The smallest absolute Gasteiger partial charge is 0.433 e. The third-order valence-corrected chi connectivity index (χ3v) is 6.04. The van der Waals surface area contributed by atoms with Crippen molar-refractivity contribution in [1.29, 1.82) is 0 Å². The van der Waals surface area contributed by atoms with Gasteiger partial charge in [-0.15, -0.1) is 0 Å². The van der Waals surface area contributed by atoms with Gasteiger partial charge in [-0.05, 0) is 43.0 Å². The van der Waals surface area contributed by atoms with Crippen LogP contribution in [0.25, 0.3) is 16.7 Å². The number of aryl methyl sites for hydroxylation is 1. The van der Waals surface area contributed by atoms with Crippen molar-refractivity contribution < 1.29 is 22.7 Å². The number of nitrogens with two attached hydrogens (primary N) is 1. The molecule has 3 heterocycles. The van der Waals surface area contributed by atoms with Crippen molar-refractivity contribution in [3.05, 3.63) is 65.4 Å². The van der Waals surface area contributed by atoms with Gasteiger partial charge in [0.25, 0.3) is 0 Å². The minimum atomic E-state index is -4.54. The van der Waals surface area contributed by atoms with Gasteiger partial charge < -0.3 is 20.4 Å². The lowest BCUT2D eigenvalue weighted by atomic mass is 10.1. The van der Waals surface area contributed by atoms with Gasteiger partial charge in [0, 0.05) is 23.0 Å². The van der Waals surface area contributed by atoms with Crippen molar-refractivity contribution in [2.24, 2.45) is 0 Å². The number of fused-ring (bicyclic) bond motifs is 3. The van der Waals surface area contributed by atoms with Crippen LogP contribution in [-0.4, -0.2) is 32.5 Å². The first-order valence-corrected chi connectivity index (χ1v) is 10.9. The summed E-state index contributed by atoms with van der Waals surface area (Å²) in [6.45, 7) is 0. The third-order valence-electron chi connectivity index (χ3n) is 6.04. The summed E-state index contributed by atoms with van der Waals surface area (Å²) in [5.74, 6) is 0.465. The summed E-state index contributed by atoms with van der Waals surface area (Å²) >= 11 is 0. The molecule has 180 valence electrons. The maximum absolute atomic E-state index is 12.7. The van der Waals surface area contributed by atoms with Gasteiger partial charge in [-0.1, -0.05) is 6.07 Å². The first-order chi connectivity index (χ1) is 16.8. The topological polar surface area (TPSA) is 108 Å². The first-order valence-electron chi connectivity index (χ1n) is 10.9. The van der Waals surface area contributed by atoms with Gasteiger partial charge in [-0.3, -0.25) is 4.79 Å². The van der Waals surface area contributed by atoms with Crippen LogP contribution in [0.2, 0.25) is 0 Å². The molecule has 1 aliphatic rings. The number of pyridine rings is 1. The Labute approximate surface area is 198 Å². The van der Waals surface area contributed by atoms with E-state index < -0.39 is 17.8 Å². The second-order valence-corrected chi connectivity index (χ2v) is 8.22. The number of nitrogens with zero attached hydrogens (tertiary/aromatic N) is 4. The molecule has 1 aliphatic carbocycles. The second kappa shape index (κ2) is 8.57. The van der Waals surface area contributed by atoms with Crippen molar-refractivity contribution in [1.82, 2.24) is 19.5 Å². The third kappa shape index (κ3) is 4.13. The van der Waals surface area contributed by atoms with Crippen molar-refractivity contribution in [3.63, 3.8) is 0 Å². The molecule has 0 atom stereocenters. The maximum Gasteiger partial charge on any atom is 0.433 e. The molecular weight excluding hydrogens is 461 g/mol. The number of aromatic nitrogens is 4. The number of halogens is 3. The lowest BCUT2D eigenvalue weighted by Crippen LogP contribution is -2.16. The molecule has 0 aliphatic heterocycles. The zero-order chi connectivity index (χ0) is 24.7. The number of rotatable bonds is 5. The Bertz CT molecular complexity index is 1430. The van der Waals surface area contributed by atoms with Crippen molar-refractivity contribution in [3.8, 4) is 11.4 Å². The molecule has 5 rings (SSSR count). The molecule has 1 amide bonds. The van der Waals surface area contributed by atoms with E-state index in [-0.39, 0.29) is 12.1 Å². The molecule has 0 radical (unpaired) electrons. The van der Waals surface area contributed by atoms with Gasteiger partial charge in [0.2, 0.25) is 5.91 Å². The van der Waals surface area contributed by atoms with Crippen LogP contribution in [-0.2, 0) is 30.2 Å². The minimum absolute atomic E-state index is 0.0414. The zero-order valence-electron chi connectivity index (χ0n) is 18.7. The van der Waals surface area contributed by atoms with Crippen LogP contribution in [0, 0.1) is 0 Å². The van der Waals surface area contributed by atoms with Gasteiger partial charge in [0.15, 0.2) is 5.82 Å². The van der Waals surface area contributed by atoms with Gasteiger partial charge in [-0.2, -0.15) is 13.2 Å². The van der Waals surface area contributed by atoms with E-state index in [4.69, 9.17) is 10.5 Å². The predicted molar refractivity (Wildman–Crippen MR) is 123 cm³/mol. The summed E-state index contributed by atoms with van der Waals surface area (Å²) in [7, 11) is 1.51. The molecule has 8 nitrogen and oxygen atoms in total. The van der Waals surface area contributed by atoms with Crippen LogP contribution >= 0.6 is 0 Å². The predicted octanol–water partition coefficient (Wildman–Crippen LogP) is 4.10. The van der Waals surface area contributed by atoms with Gasteiger partial charge in [0.1, 0.15) is 23.3 Å². The summed E-state index contributed by atoms with van der Waals surface area (Å²) < 4.78 is 45.7. The molecule has 0 saturated heterocycles. The number of methoxy groups -OCH3 is 1. The number of nitrogens with one attached hydrogen (secondary N) is 1. The summed E-state index contributed by atoms with van der Waals surface area (Å²) in [6.07, 6.45) is 0.696. The SMILES string of the molecule is COc1cc(-n2c3c(c4ncnc(N)c42)CCC3)ccc1CC(=O)Nc1ccc(C(F)(F)F)nc1. The molecule has 0 fully saturated rings. The normalized spacial score (nSPS) is 13.1. The highest BCUT2D eigenvalue weighted by molar-refractivity contribution is 5.93. The van der Waals surface area contributed by atoms with Crippen LogP contribution in [0.5, 0.6) is 5.75 Å². The Balaban J connectivity index is 1.42. The molecule has 11 heteroatoms. The second-order valence-electron chi connectivity index (χ2n) is 8.22. The molecule has 0 unspecified atom stereocenters. The highest BCUT2D eigenvalue weighted by Crippen LogP contribution is 2.37. The summed E-state index contributed by atoms with van der Waals surface area (Å²) in [4.78, 5) is 24.5. The minimum Gasteiger partial charge on any atom is -0.496 e. The van der Waals surface area contributed by atoms with E-state index in [1.165, 1.54) is 19.0 Å². The highest BCUT2D eigenvalue weighted by Gasteiger charge is 2.32. The fraction of sp³-hybridized carbons (Fsp3) is 0.250. The Kier molecular flexibility index (Phi) is 5.54. The van der Waals surface area contributed by atoms with Crippen LogP contribution in [0.4, 0.5) is 24.7 Å². The van der Waals surface area contributed by atoms with E-state index in [0.717, 1.165) is 60.0 Å². The summed E-state index contributed by atoms with van der Waals surface area (Å²) in [6, 6.07) is 7.46.